The monoisotopic (exact) mass is 432 g/mol. The van der Waals surface area contributed by atoms with E-state index >= 15 is 0 Å². The van der Waals surface area contributed by atoms with Crippen molar-refractivity contribution in [2.45, 2.75) is 65.3 Å². The summed E-state index contributed by atoms with van der Waals surface area (Å²) in [6.07, 6.45) is 12.8. The number of pyridine rings is 1. The Morgan fingerprint density at radius 1 is 1.16 bits per heavy atom. The highest BCUT2D eigenvalue weighted by Gasteiger charge is 2.32. The van der Waals surface area contributed by atoms with Gasteiger partial charge in [0.1, 0.15) is 5.82 Å². The Bertz CT molecular complexity index is 1160. The molecule has 2 aliphatic rings. The van der Waals surface area contributed by atoms with Crippen LogP contribution in [0.2, 0.25) is 0 Å². The molecule has 0 unspecified atom stereocenters. The Morgan fingerprint density at radius 2 is 2.00 bits per heavy atom. The van der Waals surface area contributed by atoms with Crippen molar-refractivity contribution >= 4 is 11.7 Å². The lowest BCUT2D eigenvalue weighted by Crippen LogP contribution is -2.27. The number of carbonyl (C=O) groups is 1. The van der Waals surface area contributed by atoms with E-state index in [4.69, 9.17) is 0 Å². The first kappa shape index (κ1) is 20.9. The van der Waals surface area contributed by atoms with Gasteiger partial charge in [0.15, 0.2) is 0 Å². The molecule has 1 aliphatic heterocycles. The molecule has 0 bridgehead atoms. The third-order valence-corrected chi connectivity index (χ3v) is 7.06. The number of amides is 1. The fraction of sp³-hybridized carbons (Fsp3) is 0.520. The van der Waals surface area contributed by atoms with E-state index in [-0.39, 0.29) is 17.2 Å². The van der Waals surface area contributed by atoms with Gasteiger partial charge in [-0.1, -0.05) is 20.3 Å². The molecule has 0 aromatic carbocycles. The molecule has 32 heavy (non-hydrogen) atoms. The summed E-state index contributed by atoms with van der Waals surface area (Å²) in [6, 6.07) is 2.01. The van der Waals surface area contributed by atoms with Crippen molar-refractivity contribution in [1.82, 2.24) is 24.5 Å². The van der Waals surface area contributed by atoms with Gasteiger partial charge in [0.25, 0.3) is 0 Å². The number of aromatic nitrogens is 5. The van der Waals surface area contributed by atoms with Crippen LogP contribution < -0.4 is 5.32 Å². The number of hydrogen-bond acceptors (Lipinski definition) is 4. The largest absolute Gasteiger partial charge is 0.310 e. The number of aryl methyl sites for hydroxylation is 2. The molecular weight excluding hydrogens is 400 g/mol. The van der Waals surface area contributed by atoms with Crippen molar-refractivity contribution in [2.24, 2.45) is 18.4 Å². The second-order valence-corrected chi connectivity index (χ2v) is 10.4. The molecule has 7 nitrogen and oxygen atoms in total. The molecule has 3 aromatic heterocycles. The zero-order valence-corrected chi connectivity index (χ0v) is 19.4. The van der Waals surface area contributed by atoms with Gasteiger partial charge in [0.2, 0.25) is 5.91 Å². The first-order chi connectivity index (χ1) is 15.3. The smallest absolute Gasteiger partial charge is 0.228 e. The number of nitrogens with one attached hydrogen (secondary N) is 1. The molecule has 4 heterocycles. The molecule has 0 radical (unpaired) electrons. The molecule has 1 saturated carbocycles. The Morgan fingerprint density at radius 3 is 2.78 bits per heavy atom. The van der Waals surface area contributed by atoms with Crippen LogP contribution in [0.4, 0.5) is 5.82 Å². The van der Waals surface area contributed by atoms with Crippen LogP contribution in [-0.4, -0.2) is 30.5 Å². The quantitative estimate of drug-likeness (QED) is 0.659. The summed E-state index contributed by atoms with van der Waals surface area (Å²) in [6.45, 7) is 7.56. The average Bonchev–Trinajstić information content (AvgIpc) is 3.43. The van der Waals surface area contributed by atoms with Crippen LogP contribution in [0.1, 0.15) is 62.3 Å². The van der Waals surface area contributed by atoms with Crippen molar-refractivity contribution < 1.29 is 4.79 Å². The Kier molecular flexibility index (Phi) is 5.14. The topological polar surface area (TPSA) is 77.6 Å². The summed E-state index contributed by atoms with van der Waals surface area (Å²) in [5, 5.41) is 12.0. The van der Waals surface area contributed by atoms with E-state index in [2.05, 4.69) is 52.1 Å². The van der Waals surface area contributed by atoms with Crippen molar-refractivity contribution in [1.29, 1.82) is 0 Å². The van der Waals surface area contributed by atoms with E-state index in [1.807, 2.05) is 36.4 Å². The van der Waals surface area contributed by atoms with Crippen LogP contribution >= 0.6 is 0 Å². The second kappa shape index (κ2) is 7.87. The number of fused-ring (bicyclic) bond motifs is 1. The molecule has 3 aromatic rings. The van der Waals surface area contributed by atoms with Crippen LogP contribution in [0.25, 0.3) is 11.1 Å². The SMILES string of the molecule is Cc1cnc(NC(=O)[C@@H]2CCC[C@H](c3cnn(C)c3)C2)cc1-c1cnn2c1CC(C)(C)C2. The molecule has 2 atom stereocenters. The first-order valence-corrected chi connectivity index (χ1v) is 11.6. The average molecular weight is 433 g/mol. The summed E-state index contributed by atoms with van der Waals surface area (Å²) < 4.78 is 3.96. The zero-order valence-electron chi connectivity index (χ0n) is 19.4. The minimum absolute atomic E-state index is 0.00158. The first-order valence-electron chi connectivity index (χ1n) is 11.6. The normalized spacial score (nSPS) is 22.0. The highest BCUT2D eigenvalue weighted by Crippen LogP contribution is 2.39. The van der Waals surface area contributed by atoms with E-state index in [1.165, 1.54) is 11.3 Å². The van der Waals surface area contributed by atoms with Gasteiger partial charge >= 0.3 is 0 Å². The Labute approximate surface area is 189 Å². The van der Waals surface area contributed by atoms with Crippen molar-refractivity contribution in [2.75, 3.05) is 5.32 Å². The maximum absolute atomic E-state index is 13.1. The molecule has 7 heteroatoms. The zero-order chi connectivity index (χ0) is 22.5. The van der Waals surface area contributed by atoms with E-state index < -0.39 is 0 Å². The van der Waals surface area contributed by atoms with Crippen molar-refractivity contribution in [3.05, 3.63) is 47.7 Å². The molecule has 0 saturated heterocycles. The fourth-order valence-electron chi connectivity index (χ4n) is 5.37. The lowest BCUT2D eigenvalue weighted by atomic mass is 9.78. The maximum atomic E-state index is 13.1. The summed E-state index contributed by atoms with van der Waals surface area (Å²) in [5.74, 6) is 1.09. The minimum atomic E-state index is 0.00158. The minimum Gasteiger partial charge on any atom is -0.310 e. The van der Waals surface area contributed by atoms with Gasteiger partial charge < -0.3 is 5.32 Å². The number of carbonyl (C=O) groups excluding carboxylic acids is 1. The molecule has 0 spiro atoms. The Hall–Kier alpha value is -2.96. The fourth-order valence-corrected chi connectivity index (χ4v) is 5.37. The van der Waals surface area contributed by atoms with Crippen molar-refractivity contribution in [3.63, 3.8) is 0 Å². The van der Waals surface area contributed by atoms with Gasteiger partial charge in [0, 0.05) is 43.2 Å². The van der Waals surface area contributed by atoms with Gasteiger partial charge in [-0.2, -0.15) is 10.2 Å². The van der Waals surface area contributed by atoms with Gasteiger partial charge in [-0.25, -0.2) is 4.98 Å². The molecule has 5 rings (SSSR count). The highest BCUT2D eigenvalue weighted by molar-refractivity contribution is 5.92. The second-order valence-electron chi connectivity index (χ2n) is 10.4. The number of anilines is 1. The van der Waals surface area contributed by atoms with E-state index in [1.54, 1.807) is 0 Å². The summed E-state index contributed by atoms with van der Waals surface area (Å²) in [7, 11) is 1.94. The van der Waals surface area contributed by atoms with Crippen LogP contribution in [0.5, 0.6) is 0 Å². The Balaban J connectivity index is 1.33. The standard InChI is InChI=1S/C25H32N6O/c1-16-11-26-23(9-20(16)21-13-28-31-15-25(2,3)10-22(21)31)29-24(32)18-7-5-6-17(8-18)19-12-27-30(4)14-19/h9,11-14,17-18H,5-8,10,15H2,1-4H3,(H,26,29,32)/t17-,18+/m0/s1. The lowest BCUT2D eigenvalue weighted by molar-refractivity contribution is -0.120. The highest BCUT2D eigenvalue weighted by atomic mass is 16.1. The van der Waals surface area contributed by atoms with Crippen LogP contribution in [0.15, 0.2) is 30.9 Å². The van der Waals surface area contributed by atoms with E-state index in [0.29, 0.717) is 11.7 Å². The molecule has 168 valence electrons. The molecule has 1 aliphatic carbocycles. The van der Waals surface area contributed by atoms with Crippen LogP contribution in [0, 0.1) is 18.3 Å². The number of rotatable bonds is 4. The third kappa shape index (κ3) is 3.96. The van der Waals surface area contributed by atoms with Gasteiger partial charge in [0.05, 0.1) is 12.4 Å². The summed E-state index contributed by atoms with van der Waals surface area (Å²) >= 11 is 0. The molecule has 1 N–H and O–H groups in total. The molecule has 1 amide bonds. The van der Waals surface area contributed by atoms with Crippen LogP contribution in [-0.2, 0) is 24.8 Å². The van der Waals surface area contributed by atoms with Gasteiger partial charge in [-0.05, 0) is 66.7 Å². The third-order valence-electron chi connectivity index (χ3n) is 7.06. The van der Waals surface area contributed by atoms with Crippen molar-refractivity contribution in [3.8, 4) is 11.1 Å². The molecule has 1 fully saturated rings. The van der Waals surface area contributed by atoms with Gasteiger partial charge in [-0.3, -0.25) is 14.2 Å². The predicted molar refractivity (Wildman–Crippen MR) is 124 cm³/mol. The van der Waals surface area contributed by atoms with E-state index in [0.717, 1.165) is 55.3 Å². The van der Waals surface area contributed by atoms with E-state index in [9.17, 15) is 4.79 Å². The predicted octanol–water partition coefficient (Wildman–Crippen LogP) is 4.48. The number of nitrogens with zero attached hydrogens (tertiary/aromatic N) is 5. The maximum Gasteiger partial charge on any atom is 0.228 e. The number of hydrogen-bond donors (Lipinski definition) is 1. The van der Waals surface area contributed by atoms with Gasteiger partial charge in [-0.15, -0.1) is 0 Å². The lowest BCUT2D eigenvalue weighted by Gasteiger charge is -2.27. The van der Waals surface area contributed by atoms with Crippen LogP contribution in [0.3, 0.4) is 0 Å². The molecular formula is C25H32N6O. The summed E-state index contributed by atoms with van der Waals surface area (Å²) in [5.41, 5.74) is 6.08. The summed E-state index contributed by atoms with van der Waals surface area (Å²) in [4.78, 5) is 17.6.